The lowest BCUT2D eigenvalue weighted by molar-refractivity contribution is 0.210. The van der Waals surface area contributed by atoms with Crippen LogP contribution in [0.3, 0.4) is 0 Å². The Morgan fingerprint density at radius 3 is 2.26 bits per heavy atom. The van der Waals surface area contributed by atoms with E-state index < -0.39 is 0 Å². The summed E-state index contributed by atoms with van der Waals surface area (Å²) >= 11 is 5.95. The first-order valence-electron chi connectivity index (χ1n) is 13.2. The number of ether oxygens (including phenoxy) is 2. The molecule has 2 aromatic heterocycles. The molecule has 38 heavy (non-hydrogen) atoms. The molecule has 6 rings (SSSR count). The van der Waals surface area contributed by atoms with E-state index >= 15 is 0 Å². The number of methoxy groups -OCH3 is 1. The molecule has 1 N–H and O–H groups in total. The highest BCUT2D eigenvalue weighted by Crippen LogP contribution is 2.43. The van der Waals surface area contributed by atoms with Gasteiger partial charge >= 0.3 is 0 Å². The van der Waals surface area contributed by atoms with Crippen LogP contribution in [0.25, 0.3) is 5.69 Å². The molecule has 7 heteroatoms. The number of anilines is 1. The predicted molar refractivity (Wildman–Crippen MR) is 154 cm³/mol. The quantitative estimate of drug-likeness (QED) is 0.272. The van der Waals surface area contributed by atoms with Crippen molar-refractivity contribution in [3.05, 3.63) is 102 Å². The van der Waals surface area contributed by atoms with E-state index in [4.69, 9.17) is 26.7 Å². The minimum absolute atomic E-state index is 0.116. The van der Waals surface area contributed by atoms with Gasteiger partial charge in [-0.25, -0.2) is 0 Å². The first-order valence-corrected chi connectivity index (χ1v) is 13.6. The topological polar surface area (TPSA) is 51.5 Å². The number of nitrogens with zero attached hydrogens (tertiary/aromatic N) is 3. The summed E-state index contributed by atoms with van der Waals surface area (Å²) in [5, 5.41) is 4.25. The number of hydrogen-bond donors (Lipinski definition) is 1. The number of aryl methyl sites for hydroxylation is 1. The Hall–Kier alpha value is -3.84. The molecule has 1 aliphatic carbocycles. The molecule has 2 aromatic carbocycles. The van der Waals surface area contributed by atoms with Gasteiger partial charge < -0.3 is 24.3 Å². The van der Waals surface area contributed by atoms with E-state index in [-0.39, 0.29) is 12.1 Å². The van der Waals surface area contributed by atoms with Crippen molar-refractivity contribution in [2.75, 3.05) is 12.0 Å². The lowest BCUT2D eigenvalue weighted by Gasteiger charge is -2.29. The lowest BCUT2D eigenvalue weighted by atomic mass is 10.0. The fraction of sp³-hybridized carbons (Fsp3) is 0.290. The third kappa shape index (κ3) is 4.63. The zero-order valence-electron chi connectivity index (χ0n) is 21.7. The first kappa shape index (κ1) is 24.5. The van der Waals surface area contributed by atoms with Crippen LogP contribution in [0.4, 0.5) is 5.69 Å². The molecule has 194 valence electrons. The van der Waals surface area contributed by atoms with E-state index in [0.717, 1.165) is 52.8 Å². The van der Waals surface area contributed by atoms with Gasteiger partial charge in [-0.1, -0.05) is 6.07 Å². The largest absolute Gasteiger partial charge is 0.497 e. The lowest BCUT2D eigenvalue weighted by Crippen LogP contribution is -2.30. The molecule has 0 spiro atoms. The molecule has 0 unspecified atom stereocenters. The summed E-state index contributed by atoms with van der Waals surface area (Å²) in [6.07, 6.45) is 6.94. The summed E-state index contributed by atoms with van der Waals surface area (Å²) in [6.45, 7) is 2.13. The predicted octanol–water partition coefficient (Wildman–Crippen LogP) is 6.69. The molecule has 1 aliphatic heterocycles. The highest BCUT2D eigenvalue weighted by molar-refractivity contribution is 7.80. The van der Waals surface area contributed by atoms with E-state index in [9.17, 15) is 0 Å². The van der Waals surface area contributed by atoms with E-state index in [1.165, 1.54) is 12.8 Å². The van der Waals surface area contributed by atoms with Crippen molar-refractivity contribution < 1.29 is 9.47 Å². The average molecular weight is 525 g/mol. The molecule has 0 bridgehead atoms. The second-order valence-corrected chi connectivity index (χ2v) is 10.3. The van der Waals surface area contributed by atoms with Crippen LogP contribution in [0.15, 0.2) is 85.1 Å². The molecule has 1 saturated heterocycles. The summed E-state index contributed by atoms with van der Waals surface area (Å²) in [5.41, 5.74) is 5.31. The van der Waals surface area contributed by atoms with E-state index in [2.05, 4.69) is 76.3 Å². The van der Waals surface area contributed by atoms with Crippen LogP contribution in [0.2, 0.25) is 0 Å². The third-order valence-corrected chi connectivity index (χ3v) is 7.87. The maximum atomic E-state index is 6.23. The van der Waals surface area contributed by atoms with Crippen molar-refractivity contribution in [2.45, 2.75) is 50.8 Å². The zero-order valence-corrected chi connectivity index (χ0v) is 22.5. The maximum absolute atomic E-state index is 6.23. The molecule has 0 radical (unpaired) electrons. The fourth-order valence-corrected chi connectivity index (χ4v) is 6.04. The second kappa shape index (κ2) is 10.5. The van der Waals surface area contributed by atoms with Crippen LogP contribution < -0.4 is 19.7 Å². The summed E-state index contributed by atoms with van der Waals surface area (Å²) in [7, 11) is 1.69. The van der Waals surface area contributed by atoms with Crippen LogP contribution in [0.1, 0.15) is 54.8 Å². The van der Waals surface area contributed by atoms with Crippen LogP contribution in [0.5, 0.6) is 11.5 Å². The second-order valence-electron chi connectivity index (χ2n) is 9.95. The number of pyridine rings is 1. The van der Waals surface area contributed by atoms with Crippen molar-refractivity contribution in [1.82, 2.24) is 14.9 Å². The summed E-state index contributed by atoms with van der Waals surface area (Å²) in [5.74, 6) is 1.74. The normalized spacial score (nSPS) is 19.5. The van der Waals surface area contributed by atoms with Gasteiger partial charge in [0.2, 0.25) is 0 Å². The van der Waals surface area contributed by atoms with Gasteiger partial charge in [0.25, 0.3) is 0 Å². The summed E-state index contributed by atoms with van der Waals surface area (Å²) in [4.78, 5) is 6.92. The van der Waals surface area contributed by atoms with Gasteiger partial charge in [0.05, 0.1) is 24.9 Å². The number of aromatic nitrogens is 2. The minimum atomic E-state index is -0.121. The molecule has 1 saturated carbocycles. The van der Waals surface area contributed by atoms with E-state index in [0.29, 0.717) is 11.2 Å². The molecule has 6 nitrogen and oxygen atoms in total. The Labute approximate surface area is 229 Å². The maximum Gasteiger partial charge on any atom is 0.174 e. The number of nitrogens with one attached hydrogen (secondary N) is 1. The SMILES string of the molecule is COc1ccc(-n2c(C)ccc2[C@@H]2[C@@H](c3ccccn3)NC(=S)N2c2ccc(OC3CCCC3)cc2)cc1. The molecule has 3 heterocycles. The monoisotopic (exact) mass is 524 g/mol. The molecule has 4 aromatic rings. The molecule has 0 amide bonds. The Balaban J connectivity index is 1.41. The standard InChI is InChI=1S/C31H32N4O2S/c1-21-10-19-28(34(21)22-11-15-24(36-2)16-12-22)30-29(27-9-5-6-20-32-27)33-31(38)35(30)23-13-17-26(18-14-23)37-25-7-3-4-8-25/h5-6,9-20,25,29-30H,3-4,7-8H2,1-2H3,(H,33,38)/t29-,30-/m1/s1. The van der Waals surface area contributed by atoms with Crippen LogP contribution in [-0.4, -0.2) is 27.9 Å². The van der Waals surface area contributed by atoms with Gasteiger partial charge in [-0.15, -0.1) is 0 Å². The Kier molecular flexibility index (Phi) is 6.77. The molecule has 2 fully saturated rings. The molecular formula is C31H32N4O2S. The Morgan fingerprint density at radius 2 is 1.58 bits per heavy atom. The molecular weight excluding hydrogens is 492 g/mol. The minimum Gasteiger partial charge on any atom is -0.497 e. The number of thiocarbonyl (C=S) groups is 1. The average Bonchev–Trinajstić information content (AvgIpc) is 3.69. The van der Waals surface area contributed by atoms with Crippen LogP contribution >= 0.6 is 12.2 Å². The first-order chi connectivity index (χ1) is 18.6. The van der Waals surface area contributed by atoms with Gasteiger partial charge in [0, 0.05) is 29.0 Å². The molecule has 2 atom stereocenters. The third-order valence-electron chi connectivity index (χ3n) is 7.56. The Bertz CT molecular complexity index is 1400. The van der Waals surface area contributed by atoms with Crippen LogP contribution in [-0.2, 0) is 0 Å². The van der Waals surface area contributed by atoms with Crippen molar-refractivity contribution in [3.63, 3.8) is 0 Å². The van der Waals surface area contributed by atoms with Crippen molar-refractivity contribution in [2.24, 2.45) is 0 Å². The van der Waals surface area contributed by atoms with E-state index in [1.807, 2.05) is 30.5 Å². The van der Waals surface area contributed by atoms with Crippen LogP contribution in [0, 0.1) is 6.92 Å². The van der Waals surface area contributed by atoms with Gasteiger partial charge in [-0.3, -0.25) is 4.98 Å². The van der Waals surface area contributed by atoms with E-state index in [1.54, 1.807) is 7.11 Å². The van der Waals surface area contributed by atoms with Gasteiger partial charge in [0.1, 0.15) is 17.5 Å². The van der Waals surface area contributed by atoms with Crippen molar-refractivity contribution >= 4 is 23.0 Å². The smallest absolute Gasteiger partial charge is 0.174 e. The summed E-state index contributed by atoms with van der Waals surface area (Å²) in [6, 6.07) is 26.7. The zero-order chi connectivity index (χ0) is 26.1. The highest BCUT2D eigenvalue weighted by Gasteiger charge is 2.42. The van der Waals surface area contributed by atoms with Gasteiger partial charge in [-0.2, -0.15) is 0 Å². The highest BCUT2D eigenvalue weighted by atomic mass is 32.1. The molecule has 2 aliphatic rings. The van der Waals surface area contributed by atoms with Crippen molar-refractivity contribution in [1.29, 1.82) is 0 Å². The number of benzene rings is 2. The Morgan fingerprint density at radius 1 is 0.868 bits per heavy atom. The van der Waals surface area contributed by atoms with Crippen molar-refractivity contribution in [3.8, 4) is 17.2 Å². The summed E-state index contributed by atoms with van der Waals surface area (Å²) < 4.78 is 13.9. The number of rotatable bonds is 7. The fourth-order valence-electron chi connectivity index (χ4n) is 5.69. The van der Waals surface area contributed by atoms with Gasteiger partial charge in [-0.05, 0) is 118 Å². The number of hydrogen-bond acceptors (Lipinski definition) is 4. The van der Waals surface area contributed by atoms with Gasteiger partial charge in [0.15, 0.2) is 5.11 Å².